The number of nitrogens with one attached hydrogen (secondary N) is 1. The van der Waals surface area contributed by atoms with Crippen LogP contribution in [-0.2, 0) is 16.0 Å². The van der Waals surface area contributed by atoms with E-state index in [1.165, 1.54) is 0 Å². The van der Waals surface area contributed by atoms with Crippen LogP contribution in [0, 0.1) is 0 Å². The van der Waals surface area contributed by atoms with Gasteiger partial charge in [0.05, 0.1) is 13.0 Å². The van der Waals surface area contributed by atoms with Crippen LogP contribution < -0.4 is 10.5 Å². The second kappa shape index (κ2) is 8.32. The molecule has 156 valence electrons. The monoisotopic (exact) mass is 405 g/mol. The third-order valence-electron chi connectivity index (χ3n) is 5.66. The Hall–Kier alpha value is -3.12. The number of allylic oxidation sites excluding steroid dienone is 2. The van der Waals surface area contributed by atoms with E-state index in [2.05, 4.69) is 42.1 Å². The van der Waals surface area contributed by atoms with Crippen molar-refractivity contribution in [1.82, 2.24) is 9.88 Å². The topological polar surface area (TPSA) is 65.6 Å². The average molecular weight is 405 g/mol. The first-order valence-corrected chi connectivity index (χ1v) is 10.3. The SMILES string of the molecule is COCCN1C(=O)Cc2cc(-c3cc(C4=CN(C(C)C)CC=C4)c[nH]c3=O)ccc21. The van der Waals surface area contributed by atoms with Gasteiger partial charge in [0.2, 0.25) is 5.91 Å². The molecule has 4 rings (SSSR count). The molecule has 2 aliphatic rings. The number of pyridine rings is 1. The van der Waals surface area contributed by atoms with Gasteiger partial charge in [0, 0.05) is 55.5 Å². The van der Waals surface area contributed by atoms with Crippen molar-refractivity contribution in [2.24, 2.45) is 0 Å². The van der Waals surface area contributed by atoms with Crippen LogP contribution in [0.3, 0.4) is 0 Å². The predicted octanol–water partition coefficient (Wildman–Crippen LogP) is 3.20. The lowest BCUT2D eigenvalue weighted by Crippen LogP contribution is -2.30. The summed E-state index contributed by atoms with van der Waals surface area (Å²) < 4.78 is 5.12. The van der Waals surface area contributed by atoms with Crippen molar-refractivity contribution >= 4 is 17.2 Å². The first kappa shape index (κ1) is 20.2. The number of amides is 1. The number of nitrogens with zero attached hydrogens (tertiary/aromatic N) is 2. The molecular formula is C24H27N3O3. The lowest BCUT2D eigenvalue weighted by atomic mass is 9.99. The molecular weight excluding hydrogens is 378 g/mol. The number of anilines is 1. The molecule has 3 heterocycles. The van der Waals surface area contributed by atoms with Crippen LogP contribution in [0.5, 0.6) is 0 Å². The first-order chi connectivity index (χ1) is 14.5. The normalized spacial score (nSPS) is 15.7. The Morgan fingerprint density at radius 3 is 2.77 bits per heavy atom. The van der Waals surface area contributed by atoms with Crippen LogP contribution in [0.15, 0.2) is 53.6 Å². The molecule has 0 fully saturated rings. The summed E-state index contributed by atoms with van der Waals surface area (Å²) in [4.78, 5) is 31.9. The molecule has 1 amide bonds. The molecule has 0 unspecified atom stereocenters. The third kappa shape index (κ3) is 3.83. The summed E-state index contributed by atoms with van der Waals surface area (Å²) in [6.45, 7) is 6.23. The van der Waals surface area contributed by atoms with Gasteiger partial charge in [0.15, 0.2) is 0 Å². The second-order valence-corrected chi connectivity index (χ2v) is 7.97. The van der Waals surface area contributed by atoms with Crippen LogP contribution in [0.2, 0.25) is 0 Å². The first-order valence-electron chi connectivity index (χ1n) is 10.3. The van der Waals surface area contributed by atoms with Crippen LogP contribution in [0.4, 0.5) is 5.69 Å². The number of ether oxygens (including phenoxy) is 1. The fourth-order valence-electron chi connectivity index (χ4n) is 3.95. The molecule has 1 N–H and O–H groups in total. The van der Waals surface area contributed by atoms with Gasteiger partial charge >= 0.3 is 0 Å². The van der Waals surface area contributed by atoms with E-state index in [1.807, 2.05) is 24.3 Å². The van der Waals surface area contributed by atoms with Crippen molar-refractivity contribution in [2.45, 2.75) is 26.3 Å². The molecule has 1 aromatic heterocycles. The minimum atomic E-state index is -0.139. The summed E-state index contributed by atoms with van der Waals surface area (Å²) in [5.74, 6) is 0.0631. The number of carbonyl (C=O) groups excluding carboxylic acids is 1. The molecule has 0 aliphatic carbocycles. The third-order valence-corrected chi connectivity index (χ3v) is 5.66. The fourth-order valence-corrected chi connectivity index (χ4v) is 3.95. The maximum atomic E-state index is 12.6. The highest BCUT2D eigenvalue weighted by Gasteiger charge is 2.27. The molecule has 0 bridgehead atoms. The quantitative estimate of drug-likeness (QED) is 0.802. The minimum Gasteiger partial charge on any atom is -0.383 e. The Labute approximate surface area is 176 Å². The summed E-state index contributed by atoms with van der Waals surface area (Å²) in [5.41, 5.74) is 5.16. The highest BCUT2D eigenvalue weighted by atomic mass is 16.5. The Bertz CT molecular complexity index is 1080. The molecule has 0 atom stereocenters. The summed E-state index contributed by atoms with van der Waals surface area (Å²) in [6.07, 6.45) is 8.47. The van der Waals surface area contributed by atoms with Crippen molar-refractivity contribution in [3.63, 3.8) is 0 Å². The van der Waals surface area contributed by atoms with E-state index in [4.69, 9.17) is 4.74 Å². The number of methoxy groups -OCH3 is 1. The van der Waals surface area contributed by atoms with Crippen LogP contribution in [-0.4, -0.2) is 48.6 Å². The van der Waals surface area contributed by atoms with Crippen molar-refractivity contribution in [1.29, 1.82) is 0 Å². The van der Waals surface area contributed by atoms with Gasteiger partial charge in [0.1, 0.15) is 0 Å². The number of rotatable bonds is 6. The highest BCUT2D eigenvalue weighted by molar-refractivity contribution is 6.02. The fraction of sp³-hybridized carbons (Fsp3) is 0.333. The number of H-pyrrole nitrogens is 1. The van der Waals surface area contributed by atoms with Crippen molar-refractivity contribution in [3.8, 4) is 11.1 Å². The summed E-state index contributed by atoms with van der Waals surface area (Å²) in [7, 11) is 1.63. The van der Waals surface area contributed by atoms with E-state index in [1.54, 1.807) is 18.2 Å². The van der Waals surface area contributed by atoms with Gasteiger partial charge in [-0.15, -0.1) is 0 Å². The zero-order valence-corrected chi connectivity index (χ0v) is 17.6. The molecule has 0 saturated carbocycles. The molecule has 0 radical (unpaired) electrons. The van der Waals surface area contributed by atoms with Gasteiger partial charge < -0.3 is 19.5 Å². The van der Waals surface area contributed by atoms with E-state index in [0.29, 0.717) is 31.2 Å². The molecule has 0 saturated heterocycles. The summed E-state index contributed by atoms with van der Waals surface area (Å²) >= 11 is 0. The van der Waals surface area contributed by atoms with Gasteiger partial charge in [-0.2, -0.15) is 0 Å². The lowest BCUT2D eigenvalue weighted by molar-refractivity contribution is -0.117. The number of benzene rings is 1. The maximum Gasteiger partial charge on any atom is 0.255 e. The standard InChI is InChI=1S/C24H27N3O3/c1-16(2)26-8-4-5-18(15-26)20-12-21(24(29)25-14-20)17-6-7-22-19(11-17)13-23(28)27(22)9-10-30-3/h4-7,11-12,14-16H,8-10,13H2,1-3H3,(H,25,29). The van der Waals surface area contributed by atoms with Gasteiger partial charge in [-0.1, -0.05) is 18.2 Å². The van der Waals surface area contributed by atoms with Crippen LogP contribution in [0.1, 0.15) is 25.0 Å². The highest BCUT2D eigenvalue weighted by Crippen LogP contribution is 2.33. The second-order valence-electron chi connectivity index (χ2n) is 7.97. The number of aromatic nitrogens is 1. The Morgan fingerprint density at radius 2 is 2.00 bits per heavy atom. The minimum absolute atomic E-state index is 0.0631. The van der Waals surface area contributed by atoms with Gasteiger partial charge in [-0.3, -0.25) is 9.59 Å². The lowest BCUT2D eigenvalue weighted by Gasteiger charge is -2.27. The number of hydrogen-bond donors (Lipinski definition) is 1. The average Bonchev–Trinajstić information content (AvgIpc) is 3.06. The molecule has 30 heavy (non-hydrogen) atoms. The van der Waals surface area contributed by atoms with Crippen molar-refractivity contribution in [3.05, 3.63) is 70.3 Å². The number of carbonyl (C=O) groups is 1. The molecule has 1 aromatic carbocycles. The Morgan fingerprint density at radius 1 is 1.17 bits per heavy atom. The molecule has 6 nitrogen and oxygen atoms in total. The van der Waals surface area contributed by atoms with Gasteiger partial charge in [-0.05, 0) is 48.7 Å². The number of fused-ring (bicyclic) bond motifs is 1. The smallest absolute Gasteiger partial charge is 0.255 e. The number of hydrogen-bond acceptors (Lipinski definition) is 4. The van der Waals surface area contributed by atoms with E-state index in [9.17, 15) is 9.59 Å². The van der Waals surface area contributed by atoms with Crippen LogP contribution in [0.25, 0.3) is 16.7 Å². The maximum absolute atomic E-state index is 12.6. The number of aromatic amines is 1. The van der Waals surface area contributed by atoms with Crippen molar-refractivity contribution in [2.75, 3.05) is 31.7 Å². The van der Waals surface area contributed by atoms with E-state index < -0.39 is 0 Å². The molecule has 6 heteroatoms. The predicted molar refractivity (Wildman–Crippen MR) is 119 cm³/mol. The van der Waals surface area contributed by atoms with E-state index in [0.717, 1.165) is 34.5 Å². The Kier molecular flexibility index (Phi) is 5.59. The largest absolute Gasteiger partial charge is 0.383 e. The van der Waals surface area contributed by atoms with E-state index in [-0.39, 0.29) is 11.5 Å². The van der Waals surface area contributed by atoms with Crippen LogP contribution >= 0.6 is 0 Å². The summed E-state index contributed by atoms with van der Waals surface area (Å²) in [5, 5.41) is 0. The Balaban J connectivity index is 1.68. The van der Waals surface area contributed by atoms with Gasteiger partial charge in [0.25, 0.3) is 5.56 Å². The zero-order chi connectivity index (χ0) is 21.3. The summed E-state index contributed by atoms with van der Waals surface area (Å²) in [6, 6.07) is 8.14. The zero-order valence-electron chi connectivity index (χ0n) is 17.6. The molecule has 0 spiro atoms. The van der Waals surface area contributed by atoms with Crippen molar-refractivity contribution < 1.29 is 9.53 Å². The van der Waals surface area contributed by atoms with E-state index >= 15 is 0 Å². The molecule has 2 aromatic rings. The molecule has 2 aliphatic heterocycles. The van der Waals surface area contributed by atoms with Gasteiger partial charge in [-0.25, -0.2) is 0 Å².